The van der Waals surface area contributed by atoms with Gasteiger partial charge in [-0.15, -0.1) is 0 Å². The summed E-state index contributed by atoms with van der Waals surface area (Å²) in [6, 6.07) is 6.18. The van der Waals surface area contributed by atoms with E-state index >= 15 is 0 Å². The molecule has 112 valence electrons. The third-order valence-corrected chi connectivity index (χ3v) is 5.14. The first-order valence-electron chi connectivity index (χ1n) is 7.55. The third kappa shape index (κ3) is 3.76. The van der Waals surface area contributed by atoms with Crippen molar-refractivity contribution in [3.8, 4) is 5.75 Å². The van der Waals surface area contributed by atoms with Crippen LogP contribution in [0.25, 0.3) is 0 Å². The van der Waals surface area contributed by atoms with Crippen molar-refractivity contribution in [2.75, 3.05) is 7.11 Å². The van der Waals surface area contributed by atoms with Crippen LogP contribution in [0.1, 0.15) is 45.1 Å². The molecule has 2 rings (SSSR count). The Hall–Kier alpha value is -0.540. The number of rotatable bonds is 4. The van der Waals surface area contributed by atoms with Crippen LogP contribution in [0, 0.1) is 11.8 Å². The molecule has 1 fully saturated rings. The SMILES string of the molecule is COc1ccc(Br)cc1CC1(N)CCCC(C(C)C)C1. The van der Waals surface area contributed by atoms with Crippen molar-refractivity contribution in [2.24, 2.45) is 17.6 Å². The summed E-state index contributed by atoms with van der Waals surface area (Å²) < 4.78 is 6.58. The molecule has 20 heavy (non-hydrogen) atoms. The summed E-state index contributed by atoms with van der Waals surface area (Å²) >= 11 is 3.55. The van der Waals surface area contributed by atoms with Gasteiger partial charge in [-0.05, 0) is 54.9 Å². The van der Waals surface area contributed by atoms with Crippen LogP contribution in [0.3, 0.4) is 0 Å². The molecule has 0 heterocycles. The van der Waals surface area contributed by atoms with E-state index in [1.807, 2.05) is 12.1 Å². The quantitative estimate of drug-likeness (QED) is 0.873. The normalized spacial score (nSPS) is 26.8. The van der Waals surface area contributed by atoms with Crippen LogP contribution in [0.15, 0.2) is 22.7 Å². The molecule has 0 spiro atoms. The van der Waals surface area contributed by atoms with E-state index in [0.29, 0.717) is 0 Å². The van der Waals surface area contributed by atoms with Crippen LogP contribution in [0.2, 0.25) is 0 Å². The van der Waals surface area contributed by atoms with E-state index in [1.165, 1.54) is 18.4 Å². The second kappa shape index (κ2) is 6.48. The molecule has 2 N–H and O–H groups in total. The van der Waals surface area contributed by atoms with Gasteiger partial charge in [0.15, 0.2) is 0 Å². The molecule has 0 aromatic heterocycles. The Morgan fingerprint density at radius 3 is 2.85 bits per heavy atom. The average molecular weight is 340 g/mol. The van der Waals surface area contributed by atoms with Gasteiger partial charge in [-0.2, -0.15) is 0 Å². The Balaban J connectivity index is 2.17. The zero-order valence-corrected chi connectivity index (χ0v) is 14.4. The predicted octanol–water partition coefficient (Wildman–Crippen LogP) is 4.54. The number of halogens is 1. The van der Waals surface area contributed by atoms with Crippen molar-refractivity contribution in [3.05, 3.63) is 28.2 Å². The Bertz CT molecular complexity index is 460. The molecule has 1 saturated carbocycles. The van der Waals surface area contributed by atoms with Crippen molar-refractivity contribution in [2.45, 2.75) is 51.5 Å². The molecule has 2 atom stereocenters. The Morgan fingerprint density at radius 2 is 2.20 bits per heavy atom. The fourth-order valence-corrected chi connectivity index (χ4v) is 3.85. The van der Waals surface area contributed by atoms with Gasteiger partial charge < -0.3 is 10.5 Å². The van der Waals surface area contributed by atoms with E-state index in [4.69, 9.17) is 10.5 Å². The first-order valence-corrected chi connectivity index (χ1v) is 8.34. The van der Waals surface area contributed by atoms with E-state index in [2.05, 4.69) is 35.8 Å². The molecular formula is C17H26BrNO. The number of nitrogens with two attached hydrogens (primary N) is 1. The van der Waals surface area contributed by atoms with E-state index in [0.717, 1.165) is 41.3 Å². The van der Waals surface area contributed by atoms with Crippen LogP contribution in [0.4, 0.5) is 0 Å². The summed E-state index contributed by atoms with van der Waals surface area (Å²) in [5.41, 5.74) is 7.86. The lowest BCUT2D eigenvalue weighted by Crippen LogP contribution is -2.47. The van der Waals surface area contributed by atoms with E-state index in [-0.39, 0.29) is 5.54 Å². The lowest BCUT2D eigenvalue weighted by atomic mass is 9.70. The standard InChI is InChI=1S/C17H26BrNO/c1-12(2)13-5-4-8-17(19,10-13)11-14-9-15(18)6-7-16(14)20-3/h6-7,9,12-13H,4-5,8,10-11,19H2,1-3H3. The molecule has 2 unspecified atom stereocenters. The summed E-state index contributed by atoms with van der Waals surface area (Å²) in [4.78, 5) is 0. The van der Waals surface area contributed by atoms with Crippen LogP contribution in [0.5, 0.6) is 5.75 Å². The number of hydrogen-bond donors (Lipinski definition) is 1. The number of hydrogen-bond acceptors (Lipinski definition) is 2. The minimum atomic E-state index is -0.0821. The lowest BCUT2D eigenvalue weighted by molar-refractivity contribution is 0.181. The summed E-state index contributed by atoms with van der Waals surface area (Å²) in [6.45, 7) is 4.63. The maximum absolute atomic E-state index is 6.72. The molecule has 0 saturated heterocycles. The van der Waals surface area contributed by atoms with E-state index in [1.54, 1.807) is 7.11 Å². The summed E-state index contributed by atoms with van der Waals surface area (Å²) in [7, 11) is 1.73. The molecule has 0 amide bonds. The van der Waals surface area contributed by atoms with Gasteiger partial charge in [0.2, 0.25) is 0 Å². The molecule has 1 aliphatic carbocycles. The van der Waals surface area contributed by atoms with Crippen molar-refractivity contribution in [1.29, 1.82) is 0 Å². The van der Waals surface area contributed by atoms with Gasteiger partial charge in [-0.25, -0.2) is 0 Å². The summed E-state index contributed by atoms with van der Waals surface area (Å²) in [6.07, 6.45) is 5.72. The zero-order valence-electron chi connectivity index (χ0n) is 12.8. The van der Waals surface area contributed by atoms with Crippen molar-refractivity contribution in [1.82, 2.24) is 0 Å². The van der Waals surface area contributed by atoms with Crippen molar-refractivity contribution >= 4 is 15.9 Å². The molecule has 1 aromatic rings. The maximum atomic E-state index is 6.72. The molecule has 0 bridgehead atoms. The number of methoxy groups -OCH3 is 1. The maximum Gasteiger partial charge on any atom is 0.122 e. The van der Waals surface area contributed by atoms with Gasteiger partial charge >= 0.3 is 0 Å². The van der Waals surface area contributed by atoms with Gasteiger partial charge in [-0.3, -0.25) is 0 Å². The Morgan fingerprint density at radius 1 is 1.45 bits per heavy atom. The summed E-state index contributed by atoms with van der Waals surface area (Å²) in [5, 5.41) is 0. The molecule has 3 heteroatoms. The average Bonchev–Trinajstić information content (AvgIpc) is 2.38. The van der Waals surface area contributed by atoms with Crippen LogP contribution in [-0.4, -0.2) is 12.6 Å². The largest absolute Gasteiger partial charge is 0.496 e. The lowest BCUT2D eigenvalue weighted by Gasteiger charge is -2.40. The minimum absolute atomic E-state index is 0.0821. The first kappa shape index (κ1) is 15.8. The fraction of sp³-hybridized carbons (Fsp3) is 0.647. The molecule has 2 nitrogen and oxygen atoms in total. The van der Waals surface area contributed by atoms with Gasteiger partial charge in [0.05, 0.1) is 7.11 Å². The number of benzene rings is 1. The van der Waals surface area contributed by atoms with Crippen molar-refractivity contribution < 1.29 is 4.74 Å². The summed E-state index contributed by atoms with van der Waals surface area (Å²) in [5.74, 6) is 2.43. The highest BCUT2D eigenvalue weighted by atomic mass is 79.9. The topological polar surface area (TPSA) is 35.2 Å². The molecular weight excluding hydrogens is 314 g/mol. The highest BCUT2D eigenvalue weighted by Gasteiger charge is 2.34. The third-order valence-electron chi connectivity index (χ3n) is 4.65. The van der Waals surface area contributed by atoms with Gasteiger partial charge in [-0.1, -0.05) is 42.6 Å². The van der Waals surface area contributed by atoms with Crippen molar-refractivity contribution in [3.63, 3.8) is 0 Å². The second-order valence-corrected chi connectivity index (χ2v) is 7.51. The van der Waals surface area contributed by atoms with E-state index in [9.17, 15) is 0 Å². The van der Waals surface area contributed by atoms with Crippen LogP contribution >= 0.6 is 15.9 Å². The van der Waals surface area contributed by atoms with Gasteiger partial charge in [0, 0.05) is 10.0 Å². The van der Waals surface area contributed by atoms with E-state index < -0.39 is 0 Å². The highest BCUT2D eigenvalue weighted by Crippen LogP contribution is 2.38. The smallest absolute Gasteiger partial charge is 0.122 e. The fourth-order valence-electron chi connectivity index (χ4n) is 3.44. The minimum Gasteiger partial charge on any atom is -0.496 e. The monoisotopic (exact) mass is 339 g/mol. The molecule has 1 aromatic carbocycles. The molecule has 0 radical (unpaired) electrons. The molecule has 1 aliphatic rings. The highest BCUT2D eigenvalue weighted by molar-refractivity contribution is 9.10. The Kier molecular flexibility index (Phi) is 5.14. The second-order valence-electron chi connectivity index (χ2n) is 6.60. The zero-order chi connectivity index (χ0) is 14.8. The van der Waals surface area contributed by atoms with Gasteiger partial charge in [0.1, 0.15) is 5.75 Å². The predicted molar refractivity (Wildman–Crippen MR) is 88.1 cm³/mol. The van der Waals surface area contributed by atoms with Crippen LogP contribution < -0.4 is 10.5 Å². The number of ether oxygens (including phenoxy) is 1. The molecule has 0 aliphatic heterocycles. The Labute approximate surface area is 131 Å². The van der Waals surface area contributed by atoms with Crippen LogP contribution in [-0.2, 0) is 6.42 Å². The van der Waals surface area contributed by atoms with Gasteiger partial charge in [0.25, 0.3) is 0 Å². The first-order chi connectivity index (χ1) is 9.43.